The van der Waals surface area contributed by atoms with E-state index in [0.29, 0.717) is 11.4 Å². The zero-order chi connectivity index (χ0) is 19.5. The molecule has 0 aliphatic heterocycles. The number of hydrogen-bond donors (Lipinski definition) is 4. The van der Waals surface area contributed by atoms with Crippen LogP contribution < -0.4 is 16.0 Å². The van der Waals surface area contributed by atoms with Gasteiger partial charge in [-0.15, -0.1) is 0 Å². The number of hydrogen-bond acceptors (Lipinski definition) is 5. The topological polar surface area (TPSA) is 117 Å². The number of para-hydroxylation sites is 1. The van der Waals surface area contributed by atoms with Crippen molar-refractivity contribution in [2.24, 2.45) is 0 Å². The lowest BCUT2D eigenvalue weighted by atomic mass is 10.1. The fourth-order valence-corrected chi connectivity index (χ4v) is 2.21. The molecule has 142 valence electrons. The van der Waals surface area contributed by atoms with E-state index in [1.807, 2.05) is 0 Å². The van der Waals surface area contributed by atoms with Crippen molar-refractivity contribution in [2.75, 3.05) is 10.6 Å². The number of carboxylic acid groups (broad SMARTS) is 1. The predicted molar refractivity (Wildman–Crippen MR) is 97.5 cm³/mol. The fraction of sp³-hybridized carbons (Fsp3) is 0.500. The third-order valence-corrected chi connectivity index (χ3v) is 3.61. The molecule has 1 fully saturated rings. The van der Waals surface area contributed by atoms with E-state index in [9.17, 15) is 19.5 Å². The standard InChI is InChI=1S/C18H25N3O5/c1-10(19-17(25)26-18(2,3)4)15(22)21-13-7-5-6-12(16(23)24)14(13)20-11-8-9-11/h5-7,10-11,20H,8-9H2,1-4H3,(H,19,25)(H,21,22)(H,23,24). The van der Waals surface area contributed by atoms with Crippen LogP contribution in [0.4, 0.5) is 16.2 Å². The highest BCUT2D eigenvalue weighted by Gasteiger charge is 2.26. The van der Waals surface area contributed by atoms with Crippen LogP contribution in [0.5, 0.6) is 0 Å². The molecule has 1 atom stereocenters. The number of carboxylic acids is 1. The van der Waals surface area contributed by atoms with Crippen LogP contribution in [0, 0.1) is 0 Å². The minimum Gasteiger partial charge on any atom is -0.478 e. The molecule has 8 heteroatoms. The maximum absolute atomic E-state index is 12.4. The first-order valence-corrected chi connectivity index (χ1v) is 8.50. The van der Waals surface area contributed by atoms with Gasteiger partial charge in [0, 0.05) is 6.04 Å². The van der Waals surface area contributed by atoms with Crippen LogP contribution in [-0.2, 0) is 9.53 Å². The molecule has 0 spiro atoms. The summed E-state index contributed by atoms with van der Waals surface area (Å²) in [5, 5.41) is 17.6. The fourth-order valence-electron chi connectivity index (χ4n) is 2.21. The molecule has 1 aliphatic rings. The zero-order valence-corrected chi connectivity index (χ0v) is 15.4. The van der Waals surface area contributed by atoms with Gasteiger partial charge in [0.25, 0.3) is 0 Å². The van der Waals surface area contributed by atoms with E-state index in [2.05, 4.69) is 16.0 Å². The highest BCUT2D eigenvalue weighted by Crippen LogP contribution is 2.32. The maximum atomic E-state index is 12.4. The summed E-state index contributed by atoms with van der Waals surface area (Å²) >= 11 is 0. The van der Waals surface area contributed by atoms with Gasteiger partial charge in [-0.2, -0.15) is 0 Å². The average Bonchev–Trinajstić information content (AvgIpc) is 3.30. The minimum absolute atomic E-state index is 0.0856. The van der Waals surface area contributed by atoms with Crippen molar-refractivity contribution in [1.82, 2.24) is 5.32 Å². The molecule has 2 rings (SSSR count). The van der Waals surface area contributed by atoms with Crippen molar-refractivity contribution in [2.45, 2.75) is 58.2 Å². The second-order valence-corrected chi connectivity index (χ2v) is 7.31. The summed E-state index contributed by atoms with van der Waals surface area (Å²) < 4.78 is 5.12. The smallest absolute Gasteiger partial charge is 0.408 e. The predicted octanol–water partition coefficient (Wildman–Crippen LogP) is 2.81. The Morgan fingerprint density at radius 2 is 1.88 bits per heavy atom. The van der Waals surface area contributed by atoms with Crippen LogP contribution in [0.2, 0.25) is 0 Å². The molecule has 4 N–H and O–H groups in total. The molecule has 1 saturated carbocycles. The molecule has 26 heavy (non-hydrogen) atoms. The van der Waals surface area contributed by atoms with Gasteiger partial charge in [0.2, 0.25) is 5.91 Å². The molecule has 0 aromatic heterocycles. The van der Waals surface area contributed by atoms with Crippen LogP contribution in [0.3, 0.4) is 0 Å². The number of carbonyl (C=O) groups is 3. The van der Waals surface area contributed by atoms with E-state index in [4.69, 9.17) is 4.74 Å². The van der Waals surface area contributed by atoms with Gasteiger partial charge in [-0.1, -0.05) is 6.07 Å². The summed E-state index contributed by atoms with van der Waals surface area (Å²) in [5.74, 6) is -1.55. The van der Waals surface area contributed by atoms with E-state index >= 15 is 0 Å². The zero-order valence-electron chi connectivity index (χ0n) is 15.4. The van der Waals surface area contributed by atoms with Crippen molar-refractivity contribution in [3.05, 3.63) is 23.8 Å². The summed E-state index contributed by atoms with van der Waals surface area (Å²) in [5.41, 5.74) is 0.152. The van der Waals surface area contributed by atoms with Gasteiger partial charge in [-0.3, -0.25) is 4.79 Å². The van der Waals surface area contributed by atoms with Crippen LogP contribution in [0.1, 0.15) is 50.9 Å². The maximum Gasteiger partial charge on any atom is 0.408 e. The van der Waals surface area contributed by atoms with Gasteiger partial charge < -0.3 is 25.8 Å². The molecule has 2 amide bonds. The molecule has 0 bridgehead atoms. The number of nitrogens with one attached hydrogen (secondary N) is 3. The van der Waals surface area contributed by atoms with E-state index in [1.54, 1.807) is 32.9 Å². The number of aromatic carboxylic acids is 1. The molecule has 0 heterocycles. The van der Waals surface area contributed by atoms with Crippen molar-refractivity contribution in [3.8, 4) is 0 Å². The molecular formula is C18H25N3O5. The summed E-state index contributed by atoms with van der Waals surface area (Å²) in [6, 6.07) is 4.01. The Labute approximate surface area is 152 Å². The molecule has 1 aromatic carbocycles. The van der Waals surface area contributed by atoms with E-state index in [1.165, 1.54) is 13.0 Å². The number of anilines is 2. The average molecular weight is 363 g/mol. The third kappa shape index (κ3) is 5.65. The van der Waals surface area contributed by atoms with Gasteiger partial charge in [-0.25, -0.2) is 9.59 Å². The SMILES string of the molecule is CC(NC(=O)OC(C)(C)C)C(=O)Nc1cccc(C(=O)O)c1NC1CC1. The van der Waals surface area contributed by atoms with Gasteiger partial charge in [-0.05, 0) is 52.7 Å². The number of rotatable bonds is 6. The monoisotopic (exact) mass is 363 g/mol. The summed E-state index contributed by atoms with van der Waals surface area (Å²) in [7, 11) is 0. The molecule has 0 saturated heterocycles. The van der Waals surface area contributed by atoms with Crippen LogP contribution in [-0.4, -0.2) is 40.8 Å². The Morgan fingerprint density at radius 1 is 1.23 bits per heavy atom. The second-order valence-electron chi connectivity index (χ2n) is 7.31. The minimum atomic E-state index is -1.08. The first-order valence-electron chi connectivity index (χ1n) is 8.50. The van der Waals surface area contributed by atoms with E-state index in [0.717, 1.165) is 12.8 Å². The van der Waals surface area contributed by atoms with Crippen LogP contribution in [0.15, 0.2) is 18.2 Å². The normalized spacial score (nSPS) is 14.9. The molecule has 0 radical (unpaired) electrons. The number of carbonyl (C=O) groups excluding carboxylic acids is 2. The first-order chi connectivity index (χ1) is 12.1. The Kier molecular flexibility index (Phi) is 5.74. The number of alkyl carbamates (subject to hydrolysis) is 1. The van der Waals surface area contributed by atoms with Gasteiger partial charge in [0.05, 0.1) is 16.9 Å². The Morgan fingerprint density at radius 3 is 2.42 bits per heavy atom. The molecule has 1 aliphatic carbocycles. The molecular weight excluding hydrogens is 338 g/mol. The van der Waals surface area contributed by atoms with E-state index in [-0.39, 0.29) is 11.6 Å². The quantitative estimate of drug-likeness (QED) is 0.617. The van der Waals surface area contributed by atoms with Crippen molar-refractivity contribution in [3.63, 3.8) is 0 Å². The lowest BCUT2D eigenvalue weighted by Gasteiger charge is -2.22. The van der Waals surface area contributed by atoms with Gasteiger partial charge in [0.15, 0.2) is 0 Å². The van der Waals surface area contributed by atoms with Crippen molar-refractivity contribution < 1.29 is 24.2 Å². The third-order valence-electron chi connectivity index (χ3n) is 3.61. The Balaban J connectivity index is 2.09. The van der Waals surface area contributed by atoms with Crippen LogP contribution in [0.25, 0.3) is 0 Å². The lowest BCUT2D eigenvalue weighted by molar-refractivity contribution is -0.117. The van der Waals surface area contributed by atoms with Crippen molar-refractivity contribution in [1.29, 1.82) is 0 Å². The number of ether oxygens (including phenoxy) is 1. The van der Waals surface area contributed by atoms with Crippen LogP contribution >= 0.6 is 0 Å². The molecule has 1 aromatic rings. The largest absolute Gasteiger partial charge is 0.478 e. The summed E-state index contributed by atoms with van der Waals surface area (Å²) in [6.07, 6.45) is 1.21. The second kappa shape index (κ2) is 7.63. The lowest BCUT2D eigenvalue weighted by Crippen LogP contribution is -2.44. The summed E-state index contributed by atoms with van der Waals surface area (Å²) in [4.78, 5) is 35.6. The Hall–Kier alpha value is -2.77. The van der Waals surface area contributed by atoms with Gasteiger partial charge in [0.1, 0.15) is 11.6 Å². The highest BCUT2D eigenvalue weighted by molar-refractivity contribution is 6.04. The molecule has 1 unspecified atom stereocenters. The Bertz CT molecular complexity index is 707. The van der Waals surface area contributed by atoms with E-state index < -0.39 is 29.6 Å². The highest BCUT2D eigenvalue weighted by atomic mass is 16.6. The molecule has 8 nitrogen and oxygen atoms in total. The number of benzene rings is 1. The summed E-state index contributed by atoms with van der Waals surface area (Å²) in [6.45, 7) is 6.70. The number of amides is 2. The van der Waals surface area contributed by atoms with Gasteiger partial charge >= 0.3 is 12.1 Å². The van der Waals surface area contributed by atoms with Crippen molar-refractivity contribution >= 4 is 29.3 Å². The first kappa shape index (κ1) is 19.6.